The van der Waals surface area contributed by atoms with E-state index in [1.807, 2.05) is 60.7 Å². The predicted molar refractivity (Wildman–Crippen MR) is 97.1 cm³/mol. The van der Waals surface area contributed by atoms with Crippen LogP contribution in [-0.4, -0.2) is 32.4 Å². The molecule has 0 atom stereocenters. The Labute approximate surface area is 144 Å². The van der Waals surface area contributed by atoms with Gasteiger partial charge in [0.05, 0.1) is 5.75 Å². The van der Waals surface area contributed by atoms with Crippen LogP contribution in [0, 0.1) is 0 Å². The van der Waals surface area contributed by atoms with Gasteiger partial charge in [-0.3, -0.25) is 0 Å². The molecule has 2 aromatic rings. The highest BCUT2D eigenvalue weighted by atomic mass is 35.5. The number of hydrogen-bond donors (Lipinski definition) is 1. The molecule has 0 radical (unpaired) electrons. The third-order valence-electron chi connectivity index (χ3n) is 3.46. The van der Waals surface area contributed by atoms with Gasteiger partial charge in [-0.2, -0.15) is 0 Å². The van der Waals surface area contributed by atoms with Crippen LogP contribution in [-0.2, 0) is 22.2 Å². The minimum absolute atomic E-state index is 0. The molecule has 0 aliphatic rings. The normalized spacial score (nSPS) is 11.2. The van der Waals surface area contributed by atoms with E-state index in [4.69, 9.17) is 5.73 Å². The highest BCUT2D eigenvalue weighted by Crippen LogP contribution is 2.12. The first-order valence-corrected chi connectivity index (χ1v) is 8.98. The Hall–Kier alpha value is -1.40. The first-order chi connectivity index (χ1) is 10.6. The first-order valence-electron chi connectivity index (χ1n) is 7.37. The van der Waals surface area contributed by atoms with E-state index < -0.39 is 10.0 Å². The second kappa shape index (κ2) is 9.67. The molecule has 4 nitrogen and oxygen atoms in total. The molecule has 0 aromatic heterocycles. The summed E-state index contributed by atoms with van der Waals surface area (Å²) in [6, 6.07) is 19.1. The van der Waals surface area contributed by atoms with Gasteiger partial charge in [-0.1, -0.05) is 60.7 Å². The fourth-order valence-corrected chi connectivity index (χ4v) is 3.86. The van der Waals surface area contributed by atoms with Gasteiger partial charge in [0.1, 0.15) is 0 Å². The van der Waals surface area contributed by atoms with E-state index in [0.717, 1.165) is 11.1 Å². The molecule has 0 fully saturated rings. The molecule has 0 bridgehead atoms. The monoisotopic (exact) mass is 354 g/mol. The quantitative estimate of drug-likeness (QED) is 0.792. The van der Waals surface area contributed by atoms with Crippen LogP contribution < -0.4 is 5.73 Å². The lowest BCUT2D eigenvalue weighted by Gasteiger charge is -2.21. The second-order valence-corrected chi connectivity index (χ2v) is 7.13. The van der Waals surface area contributed by atoms with E-state index >= 15 is 0 Å². The molecule has 2 aromatic carbocycles. The van der Waals surface area contributed by atoms with Crippen LogP contribution in [0.5, 0.6) is 0 Å². The van der Waals surface area contributed by atoms with Crippen LogP contribution in [0.15, 0.2) is 60.7 Å². The predicted octanol–water partition coefficient (Wildman–Crippen LogP) is 2.44. The second-order valence-electron chi connectivity index (χ2n) is 5.17. The number of benzene rings is 2. The zero-order valence-corrected chi connectivity index (χ0v) is 14.6. The molecule has 2 N–H and O–H groups in total. The molecule has 0 unspecified atom stereocenters. The van der Waals surface area contributed by atoms with Gasteiger partial charge in [0.25, 0.3) is 0 Å². The lowest BCUT2D eigenvalue weighted by atomic mass is 10.1. The van der Waals surface area contributed by atoms with Crippen molar-refractivity contribution < 1.29 is 8.42 Å². The SMILES string of the molecule is Cl.NCCN(CCc1ccccc1)S(=O)(=O)Cc1ccccc1. The maximum atomic E-state index is 12.6. The number of nitrogens with two attached hydrogens (primary N) is 1. The Balaban J connectivity index is 0.00000264. The van der Waals surface area contributed by atoms with Gasteiger partial charge in [0.2, 0.25) is 10.0 Å². The van der Waals surface area contributed by atoms with E-state index in [2.05, 4.69) is 0 Å². The van der Waals surface area contributed by atoms with Gasteiger partial charge in [-0.05, 0) is 17.5 Å². The summed E-state index contributed by atoms with van der Waals surface area (Å²) < 4.78 is 26.7. The average Bonchev–Trinajstić information content (AvgIpc) is 2.53. The summed E-state index contributed by atoms with van der Waals surface area (Å²) in [4.78, 5) is 0. The summed E-state index contributed by atoms with van der Waals surface area (Å²) in [5.41, 5.74) is 7.50. The van der Waals surface area contributed by atoms with E-state index in [-0.39, 0.29) is 18.2 Å². The van der Waals surface area contributed by atoms with Crippen molar-refractivity contribution in [1.29, 1.82) is 0 Å². The highest BCUT2D eigenvalue weighted by molar-refractivity contribution is 7.88. The third-order valence-corrected chi connectivity index (χ3v) is 5.31. The van der Waals surface area contributed by atoms with Crippen molar-refractivity contribution in [1.82, 2.24) is 4.31 Å². The van der Waals surface area contributed by atoms with Crippen molar-refractivity contribution in [3.8, 4) is 0 Å². The van der Waals surface area contributed by atoms with Crippen molar-refractivity contribution in [3.05, 3.63) is 71.8 Å². The Morgan fingerprint density at radius 1 is 0.826 bits per heavy atom. The summed E-state index contributed by atoms with van der Waals surface area (Å²) in [6.45, 7) is 1.13. The summed E-state index contributed by atoms with van der Waals surface area (Å²) in [5, 5.41) is 0. The van der Waals surface area contributed by atoms with Crippen molar-refractivity contribution >= 4 is 22.4 Å². The molecule has 0 amide bonds. The van der Waals surface area contributed by atoms with Gasteiger partial charge in [0, 0.05) is 19.6 Å². The average molecular weight is 355 g/mol. The van der Waals surface area contributed by atoms with E-state index in [9.17, 15) is 8.42 Å². The molecule has 0 spiro atoms. The van der Waals surface area contributed by atoms with Crippen LogP contribution in [0.25, 0.3) is 0 Å². The van der Waals surface area contributed by atoms with Gasteiger partial charge in [0.15, 0.2) is 0 Å². The third kappa shape index (κ3) is 6.31. The minimum atomic E-state index is -3.35. The van der Waals surface area contributed by atoms with Gasteiger partial charge in [-0.25, -0.2) is 12.7 Å². The number of hydrogen-bond acceptors (Lipinski definition) is 3. The summed E-state index contributed by atoms with van der Waals surface area (Å²) in [5.74, 6) is 0.0165. The molecule has 0 aliphatic carbocycles. The van der Waals surface area contributed by atoms with Gasteiger partial charge in [-0.15, -0.1) is 12.4 Å². The maximum Gasteiger partial charge on any atom is 0.218 e. The largest absolute Gasteiger partial charge is 0.329 e. The zero-order chi connectivity index (χ0) is 15.8. The number of halogens is 1. The Morgan fingerprint density at radius 3 is 1.87 bits per heavy atom. The van der Waals surface area contributed by atoms with Crippen LogP contribution in [0.2, 0.25) is 0 Å². The van der Waals surface area contributed by atoms with Crippen molar-refractivity contribution in [2.24, 2.45) is 5.73 Å². The van der Waals surface area contributed by atoms with Crippen molar-refractivity contribution in [3.63, 3.8) is 0 Å². The lowest BCUT2D eigenvalue weighted by molar-refractivity contribution is 0.421. The molecule has 2 rings (SSSR count). The van der Waals surface area contributed by atoms with Crippen LogP contribution in [0.3, 0.4) is 0 Å². The van der Waals surface area contributed by atoms with Crippen LogP contribution >= 0.6 is 12.4 Å². The highest BCUT2D eigenvalue weighted by Gasteiger charge is 2.21. The Morgan fingerprint density at radius 2 is 1.35 bits per heavy atom. The Kier molecular flexibility index (Phi) is 8.26. The van der Waals surface area contributed by atoms with Gasteiger partial charge >= 0.3 is 0 Å². The zero-order valence-electron chi connectivity index (χ0n) is 13.0. The molecular weight excluding hydrogens is 332 g/mol. The van der Waals surface area contributed by atoms with Crippen molar-refractivity contribution in [2.75, 3.05) is 19.6 Å². The lowest BCUT2D eigenvalue weighted by Crippen LogP contribution is -2.37. The smallest absolute Gasteiger partial charge is 0.218 e. The standard InChI is InChI=1S/C17H22N2O2S.ClH/c18-12-14-19(13-11-16-7-3-1-4-8-16)22(20,21)15-17-9-5-2-6-10-17;/h1-10H,11-15,18H2;1H. The summed E-state index contributed by atoms with van der Waals surface area (Å²) >= 11 is 0. The first kappa shape index (κ1) is 19.6. The molecule has 0 aliphatic heterocycles. The molecule has 0 saturated heterocycles. The van der Waals surface area contributed by atoms with E-state index in [1.165, 1.54) is 4.31 Å². The number of sulfonamides is 1. The Bertz CT molecular complexity index is 664. The topological polar surface area (TPSA) is 63.4 Å². The maximum absolute atomic E-state index is 12.6. The summed E-state index contributed by atoms with van der Waals surface area (Å²) in [7, 11) is -3.35. The van der Waals surface area contributed by atoms with Crippen LogP contribution in [0.4, 0.5) is 0 Å². The number of rotatable bonds is 8. The van der Waals surface area contributed by atoms with Crippen LogP contribution in [0.1, 0.15) is 11.1 Å². The van der Waals surface area contributed by atoms with Gasteiger partial charge < -0.3 is 5.73 Å². The molecule has 23 heavy (non-hydrogen) atoms. The fraction of sp³-hybridized carbons (Fsp3) is 0.294. The molecular formula is C17H23ClN2O2S. The van der Waals surface area contributed by atoms with E-state index in [0.29, 0.717) is 26.1 Å². The van der Waals surface area contributed by atoms with Crippen molar-refractivity contribution in [2.45, 2.75) is 12.2 Å². The fourth-order valence-electron chi connectivity index (χ4n) is 2.31. The molecule has 0 saturated carbocycles. The molecule has 0 heterocycles. The number of nitrogens with zero attached hydrogens (tertiary/aromatic N) is 1. The molecule has 126 valence electrons. The molecule has 6 heteroatoms. The summed E-state index contributed by atoms with van der Waals surface area (Å²) in [6.07, 6.45) is 0.689. The van der Waals surface area contributed by atoms with E-state index in [1.54, 1.807) is 0 Å². The minimum Gasteiger partial charge on any atom is -0.329 e.